The molecule has 4 rings (SSSR count). The van der Waals surface area contributed by atoms with Crippen LogP contribution in [0.3, 0.4) is 0 Å². The maximum Gasteiger partial charge on any atom is 0.305 e. The van der Waals surface area contributed by atoms with Gasteiger partial charge in [-0.05, 0) is 81.0 Å². The highest BCUT2D eigenvalue weighted by atomic mass is 79.9. The van der Waals surface area contributed by atoms with Crippen LogP contribution in [0.4, 0.5) is 0 Å². The molecule has 0 atom stereocenters. The van der Waals surface area contributed by atoms with Gasteiger partial charge in [-0.25, -0.2) is 0 Å². The minimum Gasteiger partial charge on any atom is -0.466 e. The van der Waals surface area contributed by atoms with Crippen LogP contribution < -0.4 is 0 Å². The van der Waals surface area contributed by atoms with Gasteiger partial charge in [0.15, 0.2) is 0 Å². The predicted octanol–water partition coefficient (Wildman–Crippen LogP) is 5.48. The van der Waals surface area contributed by atoms with E-state index in [0.717, 1.165) is 42.3 Å². The number of unbranched alkanes of at least 4 members (excludes halogenated alkanes) is 3. The van der Waals surface area contributed by atoms with E-state index in [9.17, 15) is 4.79 Å². The highest BCUT2D eigenvalue weighted by molar-refractivity contribution is 9.09. The second-order valence-electron chi connectivity index (χ2n) is 8.24. The molecule has 22 heavy (non-hydrogen) atoms. The lowest BCUT2D eigenvalue weighted by Crippen LogP contribution is -2.46. The van der Waals surface area contributed by atoms with Crippen molar-refractivity contribution in [2.45, 2.75) is 77.0 Å². The number of alkyl halides is 1. The Kier molecular flexibility index (Phi) is 5.86. The lowest BCUT2D eigenvalue weighted by Gasteiger charge is -2.57. The van der Waals surface area contributed by atoms with E-state index in [1.807, 2.05) is 0 Å². The molecule has 0 aromatic carbocycles. The summed E-state index contributed by atoms with van der Waals surface area (Å²) in [6.07, 6.45) is 15.0. The molecule has 0 aliphatic heterocycles. The van der Waals surface area contributed by atoms with Crippen LogP contribution in [-0.4, -0.2) is 17.9 Å². The van der Waals surface area contributed by atoms with Gasteiger partial charge in [-0.1, -0.05) is 28.8 Å². The zero-order chi connectivity index (χ0) is 15.4. The zero-order valence-corrected chi connectivity index (χ0v) is 15.4. The zero-order valence-electron chi connectivity index (χ0n) is 13.8. The smallest absolute Gasteiger partial charge is 0.305 e. The minimum absolute atomic E-state index is 0.0311. The van der Waals surface area contributed by atoms with Crippen LogP contribution in [0.2, 0.25) is 0 Å². The monoisotopic (exact) mass is 370 g/mol. The van der Waals surface area contributed by atoms with E-state index >= 15 is 0 Å². The first kappa shape index (κ1) is 16.8. The van der Waals surface area contributed by atoms with E-state index in [1.54, 1.807) is 0 Å². The maximum absolute atomic E-state index is 11.8. The summed E-state index contributed by atoms with van der Waals surface area (Å²) in [4.78, 5) is 11.8. The molecular formula is C19H31BrO2. The Morgan fingerprint density at radius 1 is 0.955 bits per heavy atom. The van der Waals surface area contributed by atoms with Crippen molar-refractivity contribution in [1.82, 2.24) is 0 Å². The molecule has 4 aliphatic carbocycles. The van der Waals surface area contributed by atoms with Crippen molar-refractivity contribution in [1.29, 1.82) is 0 Å². The summed E-state index contributed by atoms with van der Waals surface area (Å²) in [6, 6.07) is 0. The Morgan fingerprint density at radius 3 is 2.14 bits per heavy atom. The summed E-state index contributed by atoms with van der Waals surface area (Å²) in [5.41, 5.74) is 0.547. The summed E-state index contributed by atoms with van der Waals surface area (Å²) in [5.74, 6) is 3.02. The van der Waals surface area contributed by atoms with E-state index < -0.39 is 0 Å². The molecule has 0 unspecified atom stereocenters. The van der Waals surface area contributed by atoms with Crippen LogP contribution >= 0.6 is 15.9 Å². The van der Waals surface area contributed by atoms with Crippen molar-refractivity contribution in [2.75, 3.05) is 11.9 Å². The fraction of sp³-hybridized carbons (Fsp3) is 0.947. The Hall–Kier alpha value is -0.0500. The van der Waals surface area contributed by atoms with Crippen molar-refractivity contribution in [2.24, 2.45) is 23.2 Å². The molecule has 4 bridgehead atoms. The van der Waals surface area contributed by atoms with Crippen LogP contribution in [0, 0.1) is 23.2 Å². The molecule has 126 valence electrons. The summed E-state index contributed by atoms with van der Waals surface area (Å²) in [6.45, 7) is 0.673. The Balaban J connectivity index is 1.32. The lowest BCUT2D eigenvalue weighted by molar-refractivity contribution is -0.146. The van der Waals surface area contributed by atoms with E-state index in [-0.39, 0.29) is 5.97 Å². The molecule has 0 aromatic rings. The van der Waals surface area contributed by atoms with Crippen molar-refractivity contribution in [3.05, 3.63) is 0 Å². The van der Waals surface area contributed by atoms with E-state index in [4.69, 9.17) is 4.74 Å². The number of hydrogen-bond donors (Lipinski definition) is 0. The van der Waals surface area contributed by atoms with Gasteiger partial charge < -0.3 is 4.74 Å². The van der Waals surface area contributed by atoms with Crippen molar-refractivity contribution in [3.63, 3.8) is 0 Å². The number of rotatable bonds is 9. The van der Waals surface area contributed by atoms with Gasteiger partial charge in [-0.15, -0.1) is 0 Å². The summed E-state index contributed by atoms with van der Waals surface area (Å²) < 4.78 is 5.54. The average molecular weight is 371 g/mol. The van der Waals surface area contributed by atoms with Crippen LogP contribution in [0.5, 0.6) is 0 Å². The topological polar surface area (TPSA) is 26.3 Å². The number of hydrogen-bond acceptors (Lipinski definition) is 2. The third kappa shape index (κ3) is 4.27. The highest BCUT2D eigenvalue weighted by Gasteiger charge is 2.50. The first-order valence-electron chi connectivity index (χ1n) is 9.41. The molecule has 4 fully saturated rings. The van der Waals surface area contributed by atoms with Crippen LogP contribution in [0.1, 0.15) is 77.0 Å². The Bertz CT molecular complexity index is 344. The summed E-state index contributed by atoms with van der Waals surface area (Å²) >= 11 is 3.44. The van der Waals surface area contributed by atoms with Crippen molar-refractivity contribution < 1.29 is 9.53 Å². The second-order valence-corrected chi connectivity index (χ2v) is 9.03. The quantitative estimate of drug-likeness (QED) is 0.305. The number of esters is 1. The molecule has 0 saturated heterocycles. The van der Waals surface area contributed by atoms with Gasteiger partial charge >= 0.3 is 5.97 Å². The SMILES string of the molecule is O=C(CCCCCCBr)OCCC12CC3CC(CC(C3)C1)C2. The molecule has 0 amide bonds. The molecule has 2 nitrogen and oxygen atoms in total. The maximum atomic E-state index is 11.8. The van der Waals surface area contributed by atoms with Gasteiger partial charge in [0.05, 0.1) is 6.61 Å². The molecule has 0 spiro atoms. The Morgan fingerprint density at radius 2 is 1.55 bits per heavy atom. The number of carbonyl (C=O) groups excluding carboxylic acids is 1. The predicted molar refractivity (Wildman–Crippen MR) is 93.1 cm³/mol. The lowest BCUT2D eigenvalue weighted by atomic mass is 9.49. The largest absolute Gasteiger partial charge is 0.466 e. The van der Waals surface area contributed by atoms with E-state index in [1.165, 1.54) is 51.4 Å². The summed E-state index contributed by atoms with van der Waals surface area (Å²) in [5, 5.41) is 1.07. The summed E-state index contributed by atoms with van der Waals surface area (Å²) in [7, 11) is 0. The van der Waals surface area contributed by atoms with Gasteiger partial charge in [-0.3, -0.25) is 4.79 Å². The third-order valence-electron chi connectivity index (χ3n) is 6.33. The third-order valence-corrected chi connectivity index (χ3v) is 6.89. The molecule has 0 aromatic heterocycles. The fourth-order valence-corrected chi connectivity index (χ4v) is 6.16. The second kappa shape index (κ2) is 7.68. The van der Waals surface area contributed by atoms with Crippen molar-refractivity contribution >= 4 is 21.9 Å². The van der Waals surface area contributed by atoms with Gasteiger partial charge in [0, 0.05) is 11.8 Å². The molecule has 4 saturated carbocycles. The minimum atomic E-state index is 0.0311. The fourth-order valence-electron chi connectivity index (χ4n) is 5.77. The van der Waals surface area contributed by atoms with Crippen LogP contribution in [0.15, 0.2) is 0 Å². The molecule has 0 heterocycles. The van der Waals surface area contributed by atoms with Gasteiger partial charge in [0.25, 0.3) is 0 Å². The van der Waals surface area contributed by atoms with E-state index in [2.05, 4.69) is 15.9 Å². The van der Waals surface area contributed by atoms with Crippen molar-refractivity contribution in [3.8, 4) is 0 Å². The highest BCUT2D eigenvalue weighted by Crippen LogP contribution is 2.61. The first-order valence-corrected chi connectivity index (χ1v) is 10.5. The Labute approximate surface area is 143 Å². The van der Waals surface area contributed by atoms with Gasteiger partial charge in [0.2, 0.25) is 0 Å². The van der Waals surface area contributed by atoms with Crippen LogP contribution in [0.25, 0.3) is 0 Å². The number of halogens is 1. The number of carbonyl (C=O) groups is 1. The van der Waals surface area contributed by atoms with Gasteiger partial charge in [-0.2, -0.15) is 0 Å². The van der Waals surface area contributed by atoms with Crippen LogP contribution in [-0.2, 0) is 9.53 Å². The average Bonchev–Trinajstić information content (AvgIpc) is 2.45. The molecule has 0 radical (unpaired) electrons. The molecule has 0 N–H and O–H groups in total. The molecule has 4 aliphatic rings. The molecule has 3 heteroatoms. The van der Waals surface area contributed by atoms with E-state index in [0.29, 0.717) is 18.4 Å². The standard InChI is InChI=1S/C19H31BrO2/c20-7-4-2-1-3-5-18(21)22-8-6-19-12-15-9-16(13-19)11-17(10-15)14-19/h15-17H,1-14H2. The number of ether oxygens (including phenoxy) is 1. The first-order chi connectivity index (χ1) is 10.7. The molecular weight excluding hydrogens is 340 g/mol. The normalized spacial score (nSPS) is 35.8. The van der Waals surface area contributed by atoms with Gasteiger partial charge in [0.1, 0.15) is 0 Å².